The Kier molecular flexibility index (Phi) is 5.59. The monoisotopic (exact) mass is 369 g/mol. The number of nitrogens with zero attached hydrogens (tertiary/aromatic N) is 2. The zero-order valence-corrected chi connectivity index (χ0v) is 15.9. The Labute approximate surface area is 157 Å². The van der Waals surface area contributed by atoms with Crippen LogP contribution in [0.25, 0.3) is 11.1 Å². The van der Waals surface area contributed by atoms with Crippen LogP contribution < -0.4 is 14.8 Å². The molecule has 142 valence electrons. The van der Waals surface area contributed by atoms with Gasteiger partial charge >= 0.3 is 0 Å². The number of amides is 1. The Hall–Kier alpha value is -3.09. The number of carbonyl (C=O) groups is 1. The first kappa shape index (κ1) is 18.7. The molecule has 3 aromatic rings. The summed E-state index contributed by atoms with van der Waals surface area (Å²) in [5.74, 6) is 1.67. The van der Waals surface area contributed by atoms with Gasteiger partial charge in [0.1, 0.15) is 23.2 Å². The Morgan fingerprint density at radius 3 is 2.63 bits per heavy atom. The van der Waals surface area contributed by atoms with Gasteiger partial charge in [0.25, 0.3) is 5.91 Å². The quantitative estimate of drug-likeness (QED) is 0.687. The molecule has 0 bridgehead atoms. The fraction of sp³-hybridized carbons (Fsp3) is 0.350. The summed E-state index contributed by atoms with van der Waals surface area (Å²) in [6.45, 7) is 7.99. The van der Waals surface area contributed by atoms with Crippen LogP contribution in [-0.2, 0) is 11.3 Å². The van der Waals surface area contributed by atoms with Gasteiger partial charge < -0.3 is 19.2 Å². The first-order valence-corrected chi connectivity index (χ1v) is 8.80. The third-order valence-corrected chi connectivity index (χ3v) is 4.06. The van der Waals surface area contributed by atoms with Crippen LogP contribution in [-0.4, -0.2) is 28.6 Å². The fourth-order valence-electron chi connectivity index (χ4n) is 2.60. The number of rotatable bonds is 7. The molecule has 1 N–H and O–H groups in total. The van der Waals surface area contributed by atoms with Gasteiger partial charge in [-0.25, -0.2) is 9.97 Å². The molecule has 0 unspecified atom stereocenters. The van der Waals surface area contributed by atoms with Gasteiger partial charge in [-0.1, -0.05) is 12.1 Å². The zero-order valence-electron chi connectivity index (χ0n) is 15.9. The first-order chi connectivity index (χ1) is 12.9. The lowest BCUT2D eigenvalue weighted by atomic mass is 10.2. The smallest absolute Gasteiger partial charge is 0.258 e. The van der Waals surface area contributed by atoms with Crippen LogP contribution in [0, 0.1) is 13.8 Å². The van der Waals surface area contributed by atoms with Gasteiger partial charge in [0.15, 0.2) is 6.61 Å². The van der Waals surface area contributed by atoms with E-state index in [9.17, 15) is 4.79 Å². The minimum Gasteiger partial charge on any atom is -0.491 e. The Bertz CT molecular complexity index is 932. The highest BCUT2D eigenvalue weighted by molar-refractivity contribution is 5.84. The number of hydrogen-bond donors (Lipinski definition) is 1. The standard InChI is InChI=1S/C20H23N3O4/c1-12(2)26-16-7-5-15(6-8-16)9-21-17(24)10-25-19-18-13(3)14(4)27-20(18)23-11-22-19/h5-8,11-12H,9-10H2,1-4H3,(H,21,24). The number of nitrogens with one attached hydrogen (secondary N) is 1. The molecule has 27 heavy (non-hydrogen) atoms. The van der Waals surface area contributed by atoms with E-state index in [2.05, 4.69) is 15.3 Å². The molecule has 7 nitrogen and oxygen atoms in total. The maximum absolute atomic E-state index is 12.1. The molecule has 1 amide bonds. The van der Waals surface area contributed by atoms with E-state index in [0.29, 0.717) is 23.5 Å². The van der Waals surface area contributed by atoms with E-state index in [4.69, 9.17) is 13.9 Å². The Morgan fingerprint density at radius 1 is 1.19 bits per heavy atom. The minimum absolute atomic E-state index is 0.128. The van der Waals surface area contributed by atoms with Gasteiger partial charge in [0.05, 0.1) is 6.10 Å². The Morgan fingerprint density at radius 2 is 1.93 bits per heavy atom. The van der Waals surface area contributed by atoms with E-state index in [1.54, 1.807) is 0 Å². The normalized spacial score (nSPS) is 11.0. The van der Waals surface area contributed by atoms with Crippen molar-refractivity contribution >= 4 is 17.0 Å². The first-order valence-electron chi connectivity index (χ1n) is 8.80. The molecule has 0 radical (unpaired) electrons. The molecule has 0 aliphatic rings. The lowest BCUT2D eigenvalue weighted by Crippen LogP contribution is -2.28. The number of fused-ring (bicyclic) bond motifs is 1. The molecule has 2 heterocycles. The van der Waals surface area contributed by atoms with Crippen molar-refractivity contribution in [3.8, 4) is 11.6 Å². The molecule has 2 aromatic heterocycles. The highest BCUT2D eigenvalue weighted by Crippen LogP contribution is 2.29. The van der Waals surface area contributed by atoms with Crippen molar-refractivity contribution in [2.24, 2.45) is 0 Å². The summed E-state index contributed by atoms with van der Waals surface area (Å²) >= 11 is 0. The van der Waals surface area contributed by atoms with Crippen molar-refractivity contribution in [1.82, 2.24) is 15.3 Å². The summed E-state index contributed by atoms with van der Waals surface area (Å²) in [6.07, 6.45) is 1.49. The fourth-order valence-corrected chi connectivity index (χ4v) is 2.60. The second kappa shape index (κ2) is 8.07. The summed E-state index contributed by atoms with van der Waals surface area (Å²) in [6, 6.07) is 7.62. The molecular formula is C20H23N3O4. The third-order valence-electron chi connectivity index (χ3n) is 4.06. The van der Waals surface area contributed by atoms with Gasteiger partial charge in [-0.2, -0.15) is 0 Å². The van der Waals surface area contributed by atoms with E-state index in [-0.39, 0.29) is 18.6 Å². The number of furan rings is 1. The van der Waals surface area contributed by atoms with Crippen molar-refractivity contribution in [1.29, 1.82) is 0 Å². The summed E-state index contributed by atoms with van der Waals surface area (Å²) in [4.78, 5) is 20.3. The summed E-state index contributed by atoms with van der Waals surface area (Å²) in [5, 5.41) is 3.52. The predicted octanol–water partition coefficient (Wildman–Crippen LogP) is 3.32. The SMILES string of the molecule is Cc1oc2ncnc(OCC(=O)NCc3ccc(OC(C)C)cc3)c2c1C. The summed E-state index contributed by atoms with van der Waals surface area (Å²) in [5.41, 5.74) is 2.34. The number of ether oxygens (including phenoxy) is 2. The second-order valence-electron chi connectivity index (χ2n) is 6.52. The molecule has 0 fully saturated rings. The molecule has 0 spiro atoms. The zero-order chi connectivity index (χ0) is 19.4. The summed E-state index contributed by atoms with van der Waals surface area (Å²) in [7, 11) is 0. The molecule has 7 heteroatoms. The highest BCUT2D eigenvalue weighted by atomic mass is 16.5. The van der Waals surface area contributed by atoms with E-state index < -0.39 is 0 Å². The van der Waals surface area contributed by atoms with Crippen LogP contribution in [0.1, 0.15) is 30.7 Å². The number of aromatic nitrogens is 2. The van der Waals surface area contributed by atoms with E-state index >= 15 is 0 Å². The number of aryl methyl sites for hydroxylation is 2. The maximum atomic E-state index is 12.1. The molecular weight excluding hydrogens is 346 g/mol. The molecule has 0 saturated carbocycles. The van der Waals surface area contributed by atoms with Crippen LogP contribution in [0.2, 0.25) is 0 Å². The maximum Gasteiger partial charge on any atom is 0.258 e. The second-order valence-corrected chi connectivity index (χ2v) is 6.52. The molecule has 3 rings (SSSR count). The predicted molar refractivity (Wildman–Crippen MR) is 101 cm³/mol. The van der Waals surface area contributed by atoms with Crippen LogP contribution in [0.5, 0.6) is 11.6 Å². The van der Waals surface area contributed by atoms with E-state index in [0.717, 1.165) is 22.6 Å². The topological polar surface area (TPSA) is 86.5 Å². The van der Waals surface area contributed by atoms with Gasteiger partial charge in [0, 0.05) is 12.1 Å². The third kappa shape index (κ3) is 4.55. The van der Waals surface area contributed by atoms with Crippen molar-refractivity contribution in [3.63, 3.8) is 0 Å². The highest BCUT2D eigenvalue weighted by Gasteiger charge is 2.15. The summed E-state index contributed by atoms with van der Waals surface area (Å²) < 4.78 is 16.7. The van der Waals surface area contributed by atoms with Crippen LogP contribution in [0.4, 0.5) is 0 Å². The van der Waals surface area contributed by atoms with Crippen LogP contribution >= 0.6 is 0 Å². The van der Waals surface area contributed by atoms with Gasteiger partial charge in [-0.15, -0.1) is 0 Å². The largest absolute Gasteiger partial charge is 0.491 e. The van der Waals surface area contributed by atoms with Crippen molar-refractivity contribution in [2.45, 2.75) is 40.3 Å². The van der Waals surface area contributed by atoms with Crippen molar-refractivity contribution in [2.75, 3.05) is 6.61 Å². The average molecular weight is 369 g/mol. The molecule has 0 saturated heterocycles. The number of hydrogen-bond acceptors (Lipinski definition) is 6. The molecule has 1 aromatic carbocycles. The molecule has 0 atom stereocenters. The lowest BCUT2D eigenvalue weighted by molar-refractivity contribution is -0.123. The lowest BCUT2D eigenvalue weighted by Gasteiger charge is -2.11. The van der Waals surface area contributed by atoms with Gasteiger partial charge in [-0.3, -0.25) is 4.79 Å². The number of carbonyl (C=O) groups excluding carboxylic acids is 1. The number of benzene rings is 1. The van der Waals surface area contributed by atoms with Crippen LogP contribution in [0.15, 0.2) is 35.0 Å². The average Bonchev–Trinajstić information content (AvgIpc) is 2.93. The molecule has 0 aliphatic heterocycles. The van der Waals surface area contributed by atoms with Gasteiger partial charge in [-0.05, 0) is 45.4 Å². The van der Waals surface area contributed by atoms with E-state index in [1.165, 1.54) is 6.33 Å². The Balaban J connectivity index is 1.54. The van der Waals surface area contributed by atoms with E-state index in [1.807, 2.05) is 52.0 Å². The van der Waals surface area contributed by atoms with Gasteiger partial charge in [0.2, 0.25) is 11.6 Å². The molecule has 0 aliphatic carbocycles. The van der Waals surface area contributed by atoms with Crippen molar-refractivity contribution < 1.29 is 18.7 Å². The van der Waals surface area contributed by atoms with Crippen molar-refractivity contribution in [3.05, 3.63) is 47.5 Å². The minimum atomic E-state index is -0.234. The van der Waals surface area contributed by atoms with Crippen LogP contribution in [0.3, 0.4) is 0 Å².